The van der Waals surface area contributed by atoms with Crippen LogP contribution in [-0.4, -0.2) is 14.5 Å². The van der Waals surface area contributed by atoms with E-state index in [0.29, 0.717) is 17.0 Å². The van der Waals surface area contributed by atoms with Crippen molar-refractivity contribution in [1.29, 1.82) is 0 Å². The molecular formula is C16H22F3N3O. The van der Waals surface area contributed by atoms with Gasteiger partial charge < -0.3 is 4.98 Å². The second-order valence-corrected chi connectivity index (χ2v) is 5.80. The summed E-state index contributed by atoms with van der Waals surface area (Å²) in [5.41, 5.74) is -0.675. The Morgan fingerprint density at radius 2 is 1.83 bits per heavy atom. The molecule has 2 aromatic rings. The van der Waals surface area contributed by atoms with E-state index in [1.807, 2.05) is 13.8 Å². The molecule has 2 aromatic heterocycles. The second-order valence-electron chi connectivity index (χ2n) is 5.80. The molecule has 0 atom stereocenters. The lowest BCUT2D eigenvalue weighted by molar-refractivity contribution is -0.141. The SMILES string of the molecule is CC.CC1CCC(n2c(=O)[nH]c3cnc(C(F)(F)F)cc32)CC1. The predicted molar refractivity (Wildman–Crippen MR) is 83.4 cm³/mol. The summed E-state index contributed by atoms with van der Waals surface area (Å²) in [6, 6.07) is 0.927. The number of alkyl halides is 3. The fraction of sp³-hybridized carbons (Fsp3) is 0.625. The minimum atomic E-state index is -4.51. The molecule has 1 fully saturated rings. The molecule has 0 bridgehead atoms. The Bertz CT molecular complexity index is 709. The molecule has 0 unspecified atom stereocenters. The number of hydrogen-bond donors (Lipinski definition) is 1. The average molecular weight is 329 g/mol. The van der Waals surface area contributed by atoms with Crippen LogP contribution >= 0.6 is 0 Å². The number of aromatic nitrogens is 3. The normalized spacial score (nSPS) is 21.8. The Morgan fingerprint density at radius 3 is 2.39 bits per heavy atom. The zero-order valence-electron chi connectivity index (χ0n) is 13.6. The molecule has 4 nitrogen and oxygen atoms in total. The molecule has 0 aromatic carbocycles. The van der Waals surface area contributed by atoms with Gasteiger partial charge in [0.05, 0.1) is 17.2 Å². The molecule has 1 N–H and O–H groups in total. The molecule has 0 amide bonds. The highest BCUT2D eigenvalue weighted by Gasteiger charge is 2.33. The molecule has 0 spiro atoms. The van der Waals surface area contributed by atoms with Crippen LogP contribution in [0.5, 0.6) is 0 Å². The Labute approximate surface area is 132 Å². The third-order valence-corrected chi connectivity index (χ3v) is 4.24. The number of nitrogens with zero attached hydrogens (tertiary/aromatic N) is 2. The van der Waals surface area contributed by atoms with Crippen molar-refractivity contribution in [2.45, 2.75) is 58.7 Å². The molecule has 0 saturated heterocycles. The van der Waals surface area contributed by atoms with Gasteiger partial charge in [0.25, 0.3) is 0 Å². The van der Waals surface area contributed by atoms with Gasteiger partial charge in [0.2, 0.25) is 0 Å². The van der Waals surface area contributed by atoms with Gasteiger partial charge in [0.1, 0.15) is 5.69 Å². The molecule has 2 heterocycles. The number of hydrogen-bond acceptors (Lipinski definition) is 2. The summed E-state index contributed by atoms with van der Waals surface area (Å²) in [7, 11) is 0. The largest absolute Gasteiger partial charge is 0.433 e. The number of H-pyrrole nitrogens is 1. The third-order valence-electron chi connectivity index (χ3n) is 4.24. The fourth-order valence-corrected chi connectivity index (χ4v) is 3.04. The molecule has 128 valence electrons. The van der Waals surface area contributed by atoms with E-state index < -0.39 is 11.9 Å². The molecule has 1 aliphatic rings. The molecule has 1 aliphatic carbocycles. The van der Waals surface area contributed by atoms with Gasteiger partial charge in [0, 0.05) is 6.04 Å². The van der Waals surface area contributed by atoms with Crippen LogP contribution < -0.4 is 5.69 Å². The number of imidazole rings is 1. The second kappa shape index (κ2) is 6.76. The average Bonchev–Trinajstić information content (AvgIpc) is 2.84. The van der Waals surface area contributed by atoms with Crippen LogP contribution in [0.2, 0.25) is 0 Å². The van der Waals surface area contributed by atoms with E-state index in [0.717, 1.165) is 37.9 Å². The van der Waals surface area contributed by atoms with Gasteiger partial charge in [0.15, 0.2) is 0 Å². The first-order valence-electron chi connectivity index (χ1n) is 8.03. The van der Waals surface area contributed by atoms with Crippen molar-refractivity contribution >= 4 is 11.0 Å². The van der Waals surface area contributed by atoms with Crippen LogP contribution in [0.3, 0.4) is 0 Å². The molecule has 0 aliphatic heterocycles. The lowest BCUT2D eigenvalue weighted by Gasteiger charge is -2.27. The van der Waals surface area contributed by atoms with Gasteiger partial charge in [-0.3, -0.25) is 4.57 Å². The molecule has 1 saturated carbocycles. The zero-order chi connectivity index (χ0) is 17.2. The fourth-order valence-electron chi connectivity index (χ4n) is 3.04. The van der Waals surface area contributed by atoms with E-state index >= 15 is 0 Å². The molecule has 23 heavy (non-hydrogen) atoms. The van der Waals surface area contributed by atoms with Crippen molar-refractivity contribution in [3.63, 3.8) is 0 Å². The highest BCUT2D eigenvalue weighted by Crippen LogP contribution is 2.34. The Balaban J connectivity index is 0.000000924. The Hall–Kier alpha value is -1.79. The van der Waals surface area contributed by atoms with E-state index in [1.54, 1.807) is 0 Å². The third kappa shape index (κ3) is 3.59. The standard InChI is InChI=1S/C14H16F3N3O.C2H6/c1-8-2-4-9(5-3-8)20-11-6-12(14(15,16)17)18-7-10(11)19-13(20)21;1-2/h6-9H,2-5H2,1H3,(H,19,21);1-2H3. The number of rotatable bonds is 1. The summed E-state index contributed by atoms with van der Waals surface area (Å²) in [6.45, 7) is 6.15. The number of fused-ring (bicyclic) bond motifs is 1. The van der Waals surface area contributed by atoms with Gasteiger partial charge in [-0.05, 0) is 37.7 Å². The van der Waals surface area contributed by atoms with E-state index in [2.05, 4.69) is 16.9 Å². The van der Waals surface area contributed by atoms with Crippen LogP contribution in [-0.2, 0) is 6.18 Å². The van der Waals surface area contributed by atoms with Gasteiger partial charge in [-0.15, -0.1) is 0 Å². The van der Waals surface area contributed by atoms with E-state index in [9.17, 15) is 18.0 Å². The van der Waals surface area contributed by atoms with Crippen molar-refractivity contribution in [2.75, 3.05) is 0 Å². The lowest BCUT2D eigenvalue weighted by Crippen LogP contribution is -2.25. The Morgan fingerprint density at radius 1 is 1.22 bits per heavy atom. The number of halogens is 3. The maximum atomic E-state index is 12.8. The number of nitrogens with one attached hydrogen (secondary N) is 1. The van der Waals surface area contributed by atoms with Crippen LogP contribution in [0.15, 0.2) is 17.1 Å². The van der Waals surface area contributed by atoms with Crippen molar-refractivity contribution in [2.24, 2.45) is 5.92 Å². The van der Waals surface area contributed by atoms with E-state index in [1.165, 1.54) is 4.57 Å². The van der Waals surface area contributed by atoms with Gasteiger partial charge >= 0.3 is 11.9 Å². The Kier molecular flexibility index (Phi) is 5.16. The van der Waals surface area contributed by atoms with Crippen molar-refractivity contribution < 1.29 is 13.2 Å². The van der Waals surface area contributed by atoms with Crippen molar-refractivity contribution in [1.82, 2.24) is 14.5 Å². The molecule has 3 rings (SSSR count). The summed E-state index contributed by atoms with van der Waals surface area (Å²) >= 11 is 0. The van der Waals surface area contributed by atoms with Gasteiger partial charge in [-0.25, -0.2) is 9.78 Å². The summed E-state index contributed by atoms with van der Waals surface area (Å²) < 4.78 is 39.8. The number of pyridine rings is 1. The monoisotopic (exact) mass is 329 g/mol. The predicted octanol–water partition coefficient (Wildman–Crippen LogP) is 4.52. The minimum Gasteiger partial charge on any atom is -0.304 e. The van der Waals surface area contributed by atoms with Crippen molar-refractivity contribution in [3.8, 4) is 0 Å². The summed E-state index contributed by atoms with van der Waals surface area (Å²) in [5, 5.41) is 0. The van der Waals surface area contributed by atoms with Crippen LogP contribution in [0, 0.1) is 5.92 Å². The summed E-state index contributed by atoms with van der Waals surface area (Å²) in [6.07, 6.45) is 0.187. The first-order chi connectivity index (χ1) is 10.9. The maximum absolute atomic E-state index is 12.8. The quantitative estimate of drug-likeness (QED) is 0.836. The van der Waals surface area contributed by atoms with Gasteiger partial charge in [-0.2, -0.15) is 13.2 Å². The lowest BCUT2D eigenvalue weighted by atomic mass is 9.87. The zero-order valence-corrected chi connectivity index (χ0v) is 13.6. The molecular weight excluding hydrogens is 307 g/mol. The summed E-state index contributed by atoms with van der Waals surface area (Å²) in [4.78, 5) is 18.1. The number of aromatic amines is 1. The van der Waals surface area contributed by atoms with E-state index in [4.69, 9.17) is 0 Å². The first-order valence-corrected chi connectivity index (χ1v) is 8.03. The smallest absolute Gasteiger partial charge is 0.304 e. The highest BCUT2D eigenvalue weighted by atomic mass is 19.4. The topological polar surface area (TPSA) is 50.7 Å². The van der Waals surface area contributed by atoms with Crippen LogP contribution in [0.4, 0.5) is 13.2 Å². The summed E-state index contributed by atoms with van der Waals surface area (Å²) in [5.74, 6) is 0.606. The highest BCUT2D eigenvalue weighted by molar-refractivity contribution is 5.74. The van der Waals surface area contributed by atoms with Crippen molar-refractivity contribution in [3.05, 3.63) is 28.4 Å². The van der Waals surface area contributed by atoms with Crippen LogP contribution in [0.1, 0.15) is 58.2 Å². The molecule has 0 radical (unpaired) electrons. The maximum Gasteiger partial charge on any atom is 0.433 e. The van der Waals surface area contributed by atoms with Gasteiger partial charge in [-0.1, -0.05) is 20.8 Å². The van der Waals surface area contributed by atoms with Crippen LogP contribution in [0.25, 0.3) is 11.0 Å². The minimum absolute atomic E-state index is 0.0362. The van der Waals surface area contributed by atoms with E-state index in [-0.39, 0.29) is 11.7 Å². The molecule has 7 heteroatoms. The first kappa shape index (κ1) is 17.6.